The zero-order valence-corrected chi connectivity index (χ0v) is 40.8. The third-order valence-electron chi connectivity index (χ3n) is 13.4. The Morgan fingerprint density at radius 3 is 1.41 bits per heavy atom. The van der Waals surface area contributed by atoms with Crippen molar-refractivity contribution in [3.8, 4) is 0 Å². The predicted molar refractivity (Wildman–Crippen MR) is 259 cm³/mol. The Kier molecular flexibility index (Phi) is 33.6. The summed E-state index contributed by atoms with van der Waals surface area (Å²) in [6.07, 6.45) is 34.7. The highest BCUT2D eigenvalue weighted by Crippen LogP contribution is 2.23. The summed E-state index contributed by atoms with van der Waals surface area (Å²) in [6.45, 7) is 8.18. The van der Waals surface area contributed by atoms with Crippen molar-refractivity contribution in [3.63, 3.8) is 0 Å². The van der Waals surface area contributed by atoms with E-state index in [0.29, 0.717) is 97.2 Å². The first-order chi connectivity index (χ1) is 30.8. The van der Waals surface area contributed by atoms with Crippen LogP contribution in [0.1, 0.15) is 232 Å². The lowest BCUT2D eigenvalue weighted by Crippen LogP contribution is -2.54. The quantitative estimate of drug-likeness (QED) is 0.0445. The molecule has 2 rings (SSSR count). The number of nitrogens with one attached hydrogen (secondary N) is 2. The lowest BCUT2D eigenvalue weighted by molar-refractivity contribution is -0.141. The second-order valence-electron chi connectivity index (χ2n) is 18.9. The molecule has 0 aliphatic carbocycles. The van der Waals surface area contributed by atoms with Crippen LogP contribution in [0.15, 0.2) is 0 Å². The van der Waals surface area contributed by atoms with Gasteiger partial charge in [-0.25, -0.2) is 0 Å². The molecule has 2 heterocycles. The lowest BCUT2D eigenvalue weighted by atomic mass is 10.0. The topological polar surface area (TPSA) is 171 Å². The molecule has 0 bridgehead atoms. The Morgan fingerprint density at radius 2 is 0.952 bits per heavy atom. The minimum absolute atomic E-state index is 0.0326. The maximum atomic E-state index is 14.1. The summed E-state index contributed by atoms with van der Waals surface area (Å²) in [7, 11) is 0. The summed E-state index contributed by atoms with van der Waals surface area (Å²) < 4.78 is 0. The maximum absolute atomic E-state index is 14.1. The van der Waals surface area contributed by atoms with Crippen LogP contribution < -0.4 is 22.1 Å². The Hall–Kier alpha value is -2.73. The lowest BCUT2D eigenvalue weighted by Gasteiger charge is -2.30. The van der Waals surface area contributed by atoms with E-state index in [0.717, 1.165) is 57.8 Å². The third-order valence-corrected chi connectivity index (χ3v) is 13.4. The number of rotatable bonds is 40. The molecule has 12 nitrogen and oxygen atoms in total. The molecule has 63 heavy (non-hydrogen) atoms. The van der Waals surface area contributed by atoms with Crippen molar-refractivity contribution < 1.29 is 24.0 Å². The van der Waals surface area contributed by atoms with Gasteiger partial charge in [-0.2, -0.15) is 0 Å². The first-order valence-corrected chi connectivity index (χ1v) is 26.6. The average Bonchev–Trinajstić information content (AvgIpc) is 3.99. The Bertz CT molecular complexity index is 1220. The molecule has 0 aromatic carbocycles. The molecular weight excluding hydrogens is 791 g/mol. The van der Waals surface area contributed by atoms with E-state index in [4.69, 9.17) is 11.5 Å². The molecule has 0 radical (unpaired) electrons. The fraction of sp³-hybridized carbons (Fsp3) is 0.902. The first-order valence-electron chi connectivity index (χ1n) is 26.6. The van der Waals surface area contributed by atoms with Gasteiger partial charge in [0, 0.05) is 45.6 Å². The normalized spacial score (nSPS) is 16.7. The van der Waals surface area contributed by atoms with Crippen LogP contribution in [0, 0.1) is 0 Å². The van der Waals surface area contributed by atoms with Crippen LogP contribution in [0.3, 0.4) is 0 Å². The largest absolute Gasteiger partial charge is 0.354 e. The molecule has 0 aromatic rings. The second kappa shape index (κ2) is 37.5. The van der Waals surface area contributed by atoms with Gasteiger partial charge in [0.2, 0.25) is 29.5 Å². The van der Waals surface area contributed by atoms with Gasteiger partial charge < -0.3 is 36.8 Å². The number of hydrogen-bond acceptors (Lipinski definition) is 7. The van der Waals surface area contributed by atoms with E-state index in [2.05, 4.69) is 24.5 Å². The van der Waals surface area contributed by atoms with E-state index in [1.807, 2.05) is 0 Å². The highest BCUT2D eigenvalue weighted by atomic mass is 16.2. The highest BCUT2D eigenvalue weighted by Gasteiger charge is 2.37. The second-order valence-corrected chi connectivity index (χ2v) is 18.9. The van der Waals surface area contributed by atoms with Gasteiger partial charge in [0.1, 0.15) is 18.1 Å². The monoisotopic (exact) mass is 888 g/mol. The molecular formula is C51H97N7O5. The van der Waals surface area contributed by atoms with E-state index >= 15 is 0 Å². The number of carbonyl (C=O) groups is 5. The van der Waals surface area contributed by atoms with Crippen LogP contribution in [0.2, 0.25) is 0 Å². The van der Waals surface area contributed by atoms with Crippen LogP contribution in [-0.4, -0.2) is 108 Å². The summed E-state index contributed by atoms with van der Waals surface area (Å²) in [5.41, 5.74) is 11.6. The minimum Gasteiger partial charge on any atom is -0.354 e. The van der Waals surface area contributed by atoms with Gasteiger partial charge in [-0.1, -0.05) is 142 Å². The molecule has 3 atom stereocenters. The highest BCUT2D eigenvalue weighted by molar-refractivity contribution is 5.92. The summed E-state index contributed by atoms with van der Waals surface area (Å²) in [5.74, 6) is -0.375. The van der Waals surface area contributed by atoms with Crippen molar-refractivity contribution in [2.24, 2.45) is 11.5 Å². The summed E-state index contributed by atoms with van der Waals surface area (Å²) in [5, 5.41) is 6.17. The molecule has 5 amide bonds. The molecule has 0 spiro atoms. The van der Waals surface area contributed by atoms with E-state index in [9.17, 15) is 24.0 Å². The van der Waals surface area contributed by atoms with Crippen molar-refractivity contribution in [1.29, 1.82) is 0 Å². The van der Waals surface area contributed by atoms with Crippen molar-refractivity contribution in [1.82, 2.24) is 25.3 Å². The number of unbranched alkanes of at least 4 members (excludes halogenated alkanes) is 22. The number of amides is 5. The van der Waals surface area contributed by atoms with Gasteiger partial charge in [0.25, 0.3) is 0 Å². The van der Waals surface area contributed by atoms with E-state index in [-0.39, 0.29) is 29.5 Å². The zero-order valence-electron chi connectivity index (χ0n) is 40.8. The van der Waals surface area contributed by atoms with Crippen molar-refractivity contribution in [2.75, 3.05) is 45.8 Å². The van der Waals surface area contributed by atoms with Crippen LogP contribution in [0.25, 0.3) is 0 Å². The summed E-state index contributed by atoms with van der Waals surface area (Å²) in [6, 6.07) is -1.73. The van der Waals surface area contributed by atoms with E-state index in [1.54, 1.807) is 14.7 Å². The van der Waals surface area contributed by atoms with Gasteiger partial charge in [-0.15, -0.1) is 0 Å². The van der Waals surface area contributed by atoms with Crippen molar-refractivity contribution in [3.05, 3.63) is 0 Å². The average molecular weight is 888 g/mol. The molecule has 2 aliphatic heterocycles. The Balaban J connectivity index is 1.85. The van der Waals surface area contributed by atoms with Crippen LogP contribution in [-0.2, 0) is 24.0 Å². The molecule has 12 heteroatoms. The van der Waals surface area contributed by atoms with Crippen molar-refractivity contribution in [2.45, 2.75) is 250 Å². The standard InChI is InChI=1S/C51H97N7O5/c1-3-5-7-9-11-13-15-17-19-21-23-35-47(59)57-42-29-33-45(57)49(61)54-39-27-25-32-44(51(63)56(41-31-38-53)40-28-26-37-52)55-50(62)46-34-30-43-58(46)48(60)36-24-22-20-18-16-14-12-10-8-6-4-2/h44-46H,3-43,52-53H2,1-2H3,(H,54,61)(H,55,62). The van der Waals surface area contributed by atoms with Crippen LogP contribution in [0.5, 0.6) is 0 Å². The van der Waals surface area contributed by atoms with E-state index in [1.165, 1.54) is 109 Å². The number of nitrogens with zero attached hydrogens (tertiary/aromatic N) is 3. The molecule has 2 fully saturated rings. The maximum Gasteiger partial charge on any atom is 0.245 e. The van der Waals surface area contributed by atoms with Crippen LogP contribution in [0.4, 0.5) is 0 Å². The number of carbonyl (C=O) groups excluding carboxylic acids is 5. The van der Waals surface area contributed by atoms with Crippen molar-refractivity contribution >= 4 is 29.5 Å². The predicted octanol–water partition coefficient (Wildman–Crippen LogP) is 9.06. The number of likely N-dealkylation sites (tertiary alicyclic amines) is 2. The molecule has 366 valence electrons. The first kappa shape index (κ1) is 56.4. The molecule has 2 saturated heterocycles. The van der Waals surface area contributed by atoms with E-state index < -0.39 is 18.1 Å². The van der Waals surface area contributed by atoms with Gasteiger partial charge in [0.05, 0.1) is 0 Å². The number of nitrogens with two attached hydrogens (primary N) is 2. The van der Waals surface area contributed by atoms with Gasteiger partial charge >= 0.3 is 0 Å². The minimum atomic E-state index is -0.744. The zero-order chi connectivity index (χ0) is 45.8. The Labute approximate surface area is 385 Å². The molecule has 6 N–H and O–H groups in total. The van der Waals surface area contributed by atoms with Gasteiger partial charge in [-0.05, 0) is 90.1 Å². The smallest absolute Gasteiger partial charge is 0.245 e. The molecule has 0 aromatic heterocycles. The summed E-state index contributed by atoms with van der Waals surface area (Å²) >= 11 is 0. The Morgan fingerprint density at radius 1 is 0.524 bits per heavy atom. The SMILES string of the molecule is CCCCCCCCCCCCCC(=O)N1CCCC1C(=O)NCCCCC(NC(=O)C1CCCN1C(=O)CCCCCCCCCCCCC)C(=O)N(CCCN)CCCCN. The third kappa shape index (κ3) is 24.9. The fourth-order valence-corrected chi connectivity index (χ4v) is 9.45. The molecule has 3 unspecified atom stereocenters. The number of hydrogen-bond donors (Lipinski definition) is 4. The molecule has 2 aliphatic rings. The fourth-order valence-electron chi connectivity index (χ4n) is 9.45. The molecule has 0 saturated carbocycles. The summed E-state index contributed by atoms with van der Waals surface area (Å²) in [4.78, 5) is 73.2. The van der Waals surface area contributed by atoms with Gasteiger partial charge in [0.15, 0.2) is 0 Å². The van der Waals surface area contributed by atoms with Gasteiger partial charge in [-0.3, -0.25) is 24.0 Å². The van der Waals surface area contributed by atoms with Crippen LogP contribution >= 0.6 is 0 Å².